The summed E-state index contributed by atoms with van der Waals surface area (Å²) in [4.78, 5) is 9.00. The second-order valence-electron chi connectivity index (χ2n) is 6.83. The van der Waals surface area contributed by atoms with E-state index < -0.39 is 15.1 Å². The van der Waals surface area contributed by atoms with E-state index in [1.54, 1.807) is 30.3 Å². The van der Waals surface area contributed by atoms with Gasteiger partial charge in [0.15, 0.2) is 5.25 Å². The van der Waals surface area contributed by atoms with Gasteiger partial charge < -0.3 is 4.74 Å². The predicted octanol–water partition coefficient (Wildman–Crippen LogP) is 4.55. The fourth-order valence-corrected chi connectivity index (χ4v) is 4.31. The van der Waals surface area contributed by atoms with Crippen molar-refractivity contribution in [3.63, 3.8) is 0 Å². The number of nitriles is 1. The maximum Gasteiger partial charge on any atom is 0.238 e. The minimum atomic E-state index is -3.99. The van der Waals surface area contributed by atoms with E-state index in [-0.39, 0.29) is 16.5 Å². The third-order valence-corrected chi connectivity index (χ3v) is 6.45. The molecule has 0 radical (unpaired) electrons. The third kappa shape index (κ3) is 4.54. The van der Waals surface area contributed by atoms with Crippen molar-refractivity contribution in [2.75, 3.05) is 6.61 Å². The van der Waals surface area contributed by atoms with Gasteiger partial charge in [0.2, 0.25) is 15.7 Å². The SMILES string of the molecule is CCCCCOc1nc2ccccc2nc1[C@@H](C#N)S(=O)(=O)c1ccc(C)cc1. The first kappa shape index (κ1) is 20.7. The Balaban J connectivity index is 2.08. The number of hydrogen-bond acceptors (Lipinski definition) is 6. The Morgan fingerprint density at radius 3 is 2.31 bits per heavy atom. The third-order valence-electron chi connectivity index (χ3n) is 4.58. The van der Waals surface area contributed by atoms with Crippen LogP contribution in [0.1, 0.15) is 42.7 Å². The van der Waals surface area contributed by atoms with Crippen molar-refractivity contribution in [3.05, 3.63) is 59.8 Å². The average Bonchev–Trinajstić information content (AvgIpc) is 2.72. The van der Waals surface area contributed by atoms with Crippen LogP contribution in [0.4, 0.5) is 0 Å². The molecule has 0 saturated heterocycles. The van der Waals surface area contributed by atoms with E-state index in [4.69, 9.17) is 4.74 Å². The molecule has 0 saturated carbocycles. The van der Waals surface area contributed by atoms with Crippen molar-refractivity contribution in [1.82, 2.24) is 9.97 Å². The van der Waals surface area contributed by atoms with Gasteiger partial charge in [0.25, 0.3) is 0 Å². The van der Waals surface area contributed by atoms with Crippen LogP contribution in [0.3, 0.4) is 0 Å². The second-order valence-corrected chi connectivity index (χ2v) is 8.86. The number of nitrogens with zero attached hydrogens (tertiary/aromatic N) is 3. The number of benzene rings is 2. The summed E-state index contributed by atoms with van der Waals surface area (Å²) in [6, 6.07) is 15.5. The Kier molecular flexibility index (Phi) is 6.45. The van der Waals surface area contributed by atoms with Gasteiger partial charge in [-0.1, -0.05) is 49.6 Å². The average molecular weight is 410 g/mol. The number of para-hydroxylation sites is 2. The summed E-state index contributed by atoms with van der Waals surface area (Å²) < 4.78 is 32.2. The molecule has 1 aromatic heterocycles. The van der Waals surface area contributed by atoms with Crippen LogP contribution in [-0.4, -0.2) is 25.0 Å². The molecule has 6 nitrogen and oxygen atoms in total. The van der Waals surface area contributed by atoms with E-state index in [9.17, 15) is 13.7 Å². The molecule has 0 amide bonds. The van der Waals surface area contributed by atoms with Crippen molar-refractivity contribution in [2.24, 2.45) is 0 Å². The van der Waals surface area contributed by atoms with Crippen LogP contribution in [0, 0.1) is 18.3 Å². The first-order valence-electron chi connectivity index (χ1n) is 9.57. The smallest absolute Gasteiger partial charge is 0.238 e. The number of unbranched alkanes of at least 4 members (excludes halogenated alkanes) is 2. The van der Waals surface area contributed by atoms with Crippen molar-refractivity contribution < 1.29 is 13.2 Å². The summed E-state index contributed by atoms with van der Waals surface area (Å²) in [5.41, 5.74) is 2.07. The zero-order chi connectivity index (χ0) is 20.9. The van der Waals surface area contributed by atoms with Crippen LogP contribution in [0.25, 0.3) is 11.0 Å². The molecular weight excluding hydrogens is 386 g/mol. The monoisotopic (exact) mass is 409 g/mol. The lowest BCUT2D eigenvalue weighted by atomic mass is 10.2. The Labute approximate surface area is 171 Å². The zero-order valence-corrected chi connectivity index (χ0v) is 17.3. The summed E-state index contributed by atoms with van der Waals surface area (Å²) in [5.74, 6) is 0.0991. The van der Waals surface area contributed by atoms with Gasteiger partial charge in [-0.2, -0.15) is 5.26 Å². The van der Waals surface area contributed by atoms with Gasteiger partial charge in [-0.25, -0.2) is 18.4 Å². The van der Waals surface area contributed by atoms with Crippen LogP contribution in [0.5, 0.6) is 5.88 Å². The van der Waals surface area contributed by atoms with Crippen molar-refractivity contribution in [3.8, 4) is 11.9 Å². The van der Waals surface area contributed by atoms with Crippen molar-refractivity contribution >= 4 is 20.9 Å². The standard InChI is InChI=1S/C22H23N3O3S/c1-3-4-7-14-28-22-21(24-18-8-5-6-9-19(18)25-22)20(15-23)29(26,27)17-12-10-16(2)11-13-17/h5-6,8-13,20H,3-4,7,14H2,1-2H3/t20-/m1/s1. The molecular formula is C22H23N3O3S. The minimum absolute atomic E-state index is 0.0308. The van der Waals surface area contributed by atoms with E-state index in [1.807, 2.05) is 19.1 Å². The molecule has 0 spiro atoms. The van der Waals surface area contributed by atoms with Gasteiger partial charge >= 0.3 is 0 Å². The molecule has 7 heteroatoms. The Hall–Kier alpha value is -2.98. The highest BCUT2D eigenvalue weighted by molar-refractivity contribution is 7.92. The van der Waals surface area contributed by atoms with Crippen LogP contribution >= 0.6 is 0 Å². The highest BCUT2D eigenvalue weighted by Crippen LogP contribution is 2.33. The summed E-state index contributed by atoms with van der Waals surface area (Å²) in [6.07, 6.45) is 2.83. The van der Waals surface area contributed by atoms with Gasteiger partial charge in [-0.3, -0.25) is 0 Å². The molecule has 2 aromatic carbocycles. The largest absolute Gasteiger partial charge is 0.476 e. The first-order chi connectivity index (χ1) is 14.0. The van der Waals surface area contributed by atoms with E-state index in [2.05, 4.69) is 16.9 Å². The number of sulfone groups is 1. The highest BCUT2D eigenvalue weighted by Gasteiger charge is 2.34. The van der Waals surface area contributed by atoms with Crippen LogP contribution in [0.2, 0.25) is 0 Å². The van der Waals surface area contributed by atoms with Gasteiger partial charge in [-0.15, -0.1) is 0 Å². The van der Waals surface area contributed by atoms with Crippen LogP contribution < -0.4 is 4.74 Å². The molecule has 0 aliphatic heterocycles. The molecule has 0 fully saturated rings. The minimum Gasteiger partial charge on any atom is -0.476 e. The number of aryl methyl sites for hydroxylation is 1. The Bertz CT molecular complexity index is 1140. The topological polar surface area (TPSA) is 92.9 Å². The molecule has 1 heterocycles. The highest BCUT2D eigenvalue weighted by atomic mass is 32.2. The zero-order valence-electron chi connectivity index (χ0n) is 16.5. The first-order valence-corrected chi connectivity index (χ1v) is 11.1. The number of aromatic nitrogens is 2. The number of hydrogen-bond donors (Lipinski definition) is 0. The molecule has 0 unspecified atom stereocenters. The molecule has 0 N–H and O–H groups in total. The van der Waals surface area contributed by atoms with Gasteiger partial charge in [0.1, 0.15) is 5.69 Å². The maximum atomic E-state index is 13.2. The summed E-state index contributed by atoms with van der Waals surface area (Å²) >= 11 is 0. The van der Waals surface area contributed by atoms with Gasteiger partial charge in [0.05, 0.1) is 28.6 Å². The Morgan fingerprint density at radius 1 is 1.03 bits per heavy atom. The molecule has 29 heavy (non-hydrogen) atoms. The Morgan fingerprint density at radius 2 is 1.69 bits per heavy atom. The molecule has 150 valence electrons. The van der Waals surface area contributed by atoms with Gasteiger partial charge in [0, 0.05) is 0 Å². The van der Waals surface area contributed by atoms with E-state index >= 15 is 0 Å². The maximum absolute atomic E-state index is 13.2. The lowest BCUT2D eigenvalue weighted by Gasteiger charge is -2.15. The lowest BCUT2D eigenvalue weighted by Crippen LogP contribution is -2.16. The molecule has 3 aromatic rings. The van der Waals surface area contributed by atoms with E-state index in [1.165, 1.54) is 12.1 Å². The summed E-state index contributed by atoms with van der Waals surface area (Å²) in [6.45, 7) is 4.34. The second kappa shape index (κ2) is 9.01. The van der Waals surface area contributed by atoms with Gasteiger partial charge in [-0.05, 0) is 37.6 Å². The van der Waals surface area contributed by atoms with Crippen LogP contribution in [-0.2, 0) is 9.84 Å². The number of fused-ring (bicyclic) bond motifs is 1. The molecule has 0 aliphatic rings. The number of rotatable bonds is 8. The fraction of sp³-hybridized carbons (Fsp3) is 0.318. The quantitative estimate of drug-likeness (QED) is 0.507. The van der Waals surface area contributed by atoms with Crippen LogP contribution in [0.15, 0.2) is 53.4 Å². The lowest BCUT2D eigenvalue weighted by molar-refractivity contribution is 0.291. The normalized spacial score (nSPS) is 12.4. The molecule has 0 bridgehead atoms. The predicted molar refractivity (Wildman–Crippen MR) is 111 cm³/mol. The van der Waals surface area contributed by atoms with E-state index in [0.29, 0.717) is 17.6 Å². The molecule has 0 aliphatic carbocycles. The summed E-state index contributed by atoms with van der Waals surface area (Å²) in [7, 11) is -3.99. The van der Waals surface area contributed by atoms with E-state index in [0.717, 1.165) is 24.8 Å². The summed E-state index contributed by atoms with van der Waals surface area (Å²) in [5, 5.41) is 8.27. The van der Waals surface area contributed by atoms with Crippen molar-refractivity contribution in [1.29, 1.82) is 5.26 Å². The van der Waals surface area contributed by atoms with Crippen molar-refractivity contribution in [2.45, 2.75) is 43.3 Å². The fourth-order valence-electron chi connectivity index (χ4n) is 2.94. The molecule has 3 rings (SSSR count). The number of ether oxygens (including phenoxy) is 1. The molecule has 1 atom stereocenters.